The highest BCUT2D eigenvalue weighted by Gasteiger charge is 2.39. The van der Waals surface area contributed by atoms with Crippen LogP contribution in [0.3, 0.4) is 0 Å². The van der Waals surface area contributed by atoms with Gasteiger partial charge in [0.2, 0.25) is 5.91 Å². The number of carbonyl (C=O) groups is 2. The molecule has 0 unspecified atom stereocenters. The summed E-state index contributed by atoms with van der Waals surface area (Å²) >= 11 is 0. The zero-order valence-electron chi connectivity index (χ0n) is 15.5. The van der Waals surface area contributed by atoms with Crippen LogP contribution in [0.25, 0.3) is 0 Å². The molecule has 1 aliphatic rings. The van der Waals surface area contributed by atoms with Crippen LogP contribution < -0.4 is 15.4 Å². The van der Waals surface area contributed by atoms with Gasteiger partial charge in [-0.1, -0.05) is 24.3 Å². The van der Waals surface area contributed by atoms with Gasteiger partial charge in [0.25, 0.3) is 15.9 Å². The lowest BCUT2D eigenvalue weighted by Crippen LogP contribution is -2.50. The molecule has 3 N–H and O–H groups in total. The second-order valence-electron chi connectivity index (χ2n) is 6.71. The van der Waals surface area contributed by atoms with E-state index in [0.29, 0.717) is 17.7 Å². The second-order valence-corrected chi connectivity index (χ2v) is 8.53. The van der Waals surface area contributed by atoms with Gasteiger partial charge in [-0.2, -0.15) is 13.2 Å². The summed E-state index contributed by atoms with van der Waals surface area (Å²) in [5.41, 5.74) is 6.17. The molecule has 0 radical (unpaired) electrons. The third-order valence-electron chi connectivity index (χ3n) is 4.63. The number of rotatable bonds is 5. The number of nitrogens with zero attached hydrogens (tertiary/aromatic N) is 1. The van der Waals surface area contributed by atoms with E-state index in [2.05, 4.69) is 0 Å². The van der Waals surface area contributed by atoms with Gasteiger partial charge >= 0.3 is 6.18 Å². The zero-order chi connectivity index (χ0) is 22.1. The molecule has 0 aromatic heterocycles. The Morgan fingerprint density at radius 3 is 2.50 bits per heavy atom. The van der Waals surface area contributed by atoms with Gasteiger partial charge in [-0.25, -0.2) is 8.42 Å². The van der Waals surface area contributed by atoms with Crippen molar-refractivity contribution in [3.05, 3.63) is 59.7 Å². The Labute approximate surface area is 170 Å². The van der Waals surface area contributed by atoms with E-state index in [1.807, 2.05) is 0 Å². The summed E-state index contributed by atoms with van der Waals surface area (Å²) in [5.74, 6) is -1.90. The molecule has 2 aromatic carbocycles. The number of hydrogen-bond donors (Lipinski definition) is 2. The highest BCUT2D eigenvalue weighted by molar-refractivity contribution is 7.93. The quantitative estimate of drug-likeness (QED) is 0.739. The van der Waals surface area contributed by atoms with Crippen LogP contribution in [0.5, 0.6) is 0 Å². The third-order valence-corrected chi connectivity index (χ3v) is 6.45. The monoisotopic (exact) mass is 441 g/mol. The largest absolute Gasteiger partial charge is 0.405 e. The molecule has 0 saturated heterocycles. The Morgan fingerprint density at radius 1 is 1.13 bits per heavy atom. The van der Waals surface area contributed by atoms with Crippen LogP contribution in [0.2, 0.25) is 0 Å². The van der Waals surface area contributed by atoms with Crippen LogP contribution in [-0.4, -0.2) is 39.0 Å². The van der Waals surface area contributed by atoms with Gasteiger partial charge in [-0.05, 0) is 42.7 Å². The molecule has 2 amide bonds. The van der Waals surface area contributed by atoms with Crippen molar-refractivity contribution >= 4 is 27.5 Å². The van der Waals surface area contributed by atoms with Gasteiger partial charge in [0, 0.05) is 5.56 Å². The van der Waals surface area contributed by atoms with Crippen molar-refractivity contribution in [1.82, 2.24) is 5.32 Å². The van der Waals surface area contributed by atoms with Crippen LogP contribution in [0.15, 0.2) is 53.4 Å². The number of amides is 2. The minimum absolute atomic E-state index is 0.178. The number of primary amides is 1. The van der Waals surface area contributed by atoms with Crippen molar-refractivity contribution in [2.45, 2.75) is 30.0 Å². The van der Waals surface area contributed by atoms with Crippen molar-refractivity contribution in [1.29, 1.82) is 0 Å². The fraction of sp³-hybridized carbons (Fsp3) is 0.263. The van der Waals surface area contributed by atoms with E-state index in [1.165, 1.54) is 18.2 Å². The smallest absolute Gasteiger partial charge is 0.368 e. The lowest BCUT2D eigenvalue weighted by atomic mass is 9.98. The molecule has 160 valence electrons. The summed E-state index contributed by atoms with van der Waals surface area (Å²) in [5, 5.41) is 1.69. The summed E-state index contributed by atoms with van der Waals surface area (Å²) in [6, 6.07) is 10.1. The van der Waals surface area contributed by atoms with Crippen molar-refractivity contribution in [2.24, 2.45) is 5.73 Å². The van der Waals surface area contributed by atoms with E-state index in [-0.39, 0.29) is 16.9 Å². The number of alkyl halides is 3. The zero-order valence-corrected chi connectivity index (χ0v) is 16.3. The first-order chi connectivity index (χ1) is 14.0. The molecule has 3 rings (SSSR count). The Hall–Kier alpha value is -3.08. The van der Waals surface area contributed by atoms with E-state index >= 15 is 0 Å². The molecule has 0 spiro atoms. The number of fused-ring (bicyclic) bond motifs is 1. The number of carbonyl (C=O) groups excluding carboxylic acids is 2. The van der Waals surface area contributed by atoms with Crippen molar-refractivity contribution in [3.8, 4) is 0 Å². The number of nitrogens with two attached hydrogens (primary N) is 1. The minimum atomic E-state index is -4.61. The topological polar surface area (TPSA) is 110 Å². The summed E-state index contributed by atoms with van der Waals surface area (Å²) in [6.45, 7) is -1.55. The molecule has 0 bridgehead atoms. The molecule has 1 atom stereocenters. The lowest BCUT2D eigenvalue weighted by molar-refractivity contribution is -0.123. The molecule has 11 heteroatoms. The summed E-state index contributed by atoms with van der Waals surface area (Å²) < 4.78 is 64.7. The van der Waals surface area contributed by atoms with Crippen molar-refractivity contribution < 1.29 is 31.2 Å². The first-order valence-corrected chi connectivity index (χ1v) is 10.3. The molecule has 0 saturated carbocycles. The number of hydrogen-bond acceptors (Lipinski definition) is 4. The average molecular weight is 441 g/mol. The fourth-order valence-corrected chi connectivity index (χ4v) is 5.00. The molecule has 1 aliphatic heterocycles. The van der Waals surface area contributed by atoms with Crippen molar-refractivity contribution in [3.63, 3.8) is 0 Å². The number of anilines is 1. The molecule has 30 heavy (non-hydrogen) atoms. The molecule has 7 nitrogen and oxygen atoms in total. The Bertz CT molecular complexity index is 1090. The van der Waals surface area contributed by atoms with Gasteiger partial charge in [0.05, 0.1) is 10.6 Å². The van der Waals surface area contributed by atoms with E-state index in [1.54, 1.807) is 29.6 Å². The normalized spacial score (nSPS) is 16.6. The first kappa shape index (κ1) is 21.6. The van der Waals surface area contributed by atoms with E-state index in [9.17, 15) is 31.2 Å². The van der Waals surface area contributed by atoms with Gasteiger partial charge < -0.3 is 11.1 Å². The molecule has 1 heterocycles. The van der Waals surface area contributed by atoms with Gasteiger partial charge in [-0.3, -0.25) is 13.9 Å². The molecule has 2 aromatic rings. The number of benzene rings is 2. The van der Waals surface area contributed by atoms with E-state index in [4.69, 9.17) is 5.73 Å². The second kappa shape index (κ2) is 7.98. The lowest BCUT2D eigenvalue weighted by Gasteiger charge is -2.36. The van der Waals surface area contributed by atoms with Crippen LogP contribution in [0.1, 0.15) is 22.3 Å². The van der Waals surface area contributed by atoms with Gasteiger partial charge in [0.1, 0.15) is 12.6 Å². The maximum absolute atomic E-state index is 13.4. The van der Waals surface area contributed by atoms with Crippen LogP contribution in [0.4, 0.5) is 18.9 Å². The summed E-state index contributed by atoms with van der Waals surface area (Å²) in [6.07, 6.45) is -3.97. The standard InChI is InChI=1S/C19H18F3N3O4S/c20-19(21,22)11-24-18(27)13-5-3-6-14(10-13)30(28,29)25-15-7-2-1-4-12(15)8-9-16(25)17(23)26/h1-7,10,16H,8-9,11H2,(H2,23,26)(H,24,27)/t16-/m0/s1. The van der Waals surface area contributed by atoms with Crippen LogP contribution >= 0.6 is 0 Å². The molecule has 0 aliphatic carbocycles. The Balaban J connectivity index is 2.00. The highest BCUT2D eigenvalue weighted by atomic mass is 32.2. The number of nitrogens with one attached hydrogen (secondary N) is 1. The maximum Gasteiger partial charge on any atom is 0.405 e. The molecule has 0 fully saturated rings. The van der Waals surface area contributed by atoms with Crippen molar-refractivity contribution in [2.75, 3.05) is 10.8 Å². The summed E-state index contributed by atoms with van der Waals surface area (Å²) in [4.78, 5) is 23.6. The average Bonchev–Trinajstić information content (AvgIpc) is 2.70. The molecular weight excluding hydrogens is 423 g/mol. The van der Waals surface area contributed by atoms with Gasteiger partial charge in [-0.15, -0.1) is 0 Å². The maximum atomic E-state index is 13.4. The number of aryl methyl sites for hydroxylation is 1. The predicted molar refractivity (Wildman–Crippen MR) is 102 cm³/mol. The Kier molecular flexibility index (Phi) is 5.75. The van der Waals surface area contributed by atoms with E-state index < -0.39 is 40.6 Å². The minimum Gasteiger partial charge on any atom is -0.368 e. The third kappa shape index (κ3) is 4.40. The number of sulfonamides is 1. The Morgan fingerprint density at radius 2 is 1.83 bits per heavy atom. The highest BCUT2D eigenvalue weighted by Crippen LogP contribution is 2.35. The predicted octanol–water partition coefficient (Wildman–Crippen LogP) is 1.97. The van der Waals surface area contributed by atoms with Crippen LogP contribution in [-0.2, 0) is 21.2 Å². The van der Waals surface area contributed by atoms with Crippen LogP contribution in [0, 0.1) is 0 Å². The number of para-hydroxylation sites is 1. The SMILES string of the molecule is NC(=O)[C@@H]1CCc2ccccc2N1S(=O)(=O)c1cccc(C(=O)NCC(F)(F)F)c1. The summed E-state index contributed by atoms with van der Waals surface area (Å²) in [7, 11) is -4.34. The molecular formula is C19H18F3N3O4S. The van der Waals surface area contributed by atoms with Gasteiger partial charge in [0.15, 0.2) is 0 Å². The fourth-order valence-electron chi connectivity index (χ4n) is 3.26. The number of halogens is 3. The first-order valence-electron chi connectivity index (χ1n) is 8.87. The van der Waals surface area contributed by atoms with E-state index in [0.717, 1.165) is 10.4 Å².